The van der Waals surface area contributed by atoms with Gasteiger partial charge in [-0.2, -0.15) is 0 Å². The summed E-state index contributed by atoms with van der Waals surface area (Å²) in [6.45, 7) is 0. The van der Waals surface area contributed by atoms with Crippen LogP contribution in [0.5, 0.6) is 17.2 Å². The van der Waals surface area contributed by atoms with Crippen LogP contribution in [0.15, 0.2) is 72.8 Å². The van der Waals surface area contributed by atoms with Crippen molar-refractivity contribution >= 4 is 0 Å². The van der Waals surface area contributed by atoms with E-state index in [0.29, 0.717) is 16.7 Å². The molecule has 0 aliphatic carbocycles. The summed E-state index contributed by atoms with van der Waals surface area (Å²) in [4.78, 5) is 0. The van der Waals surface area contributed by atoms with Crippen LogP contribution in [0, 0.1) is 0 Å². The van der Waals surface area contributed by atoms with Crippen molar-refractivity contribution in [3.8, 4) is 17.2 Å². The SMILES string of the molecule is Oc1ccc(C(O)(c2ccc(O)cc2)c2ccc(O)cc2)cc1. The van der Waals surface area contributed by atoms with E-state index in [9.17, 15) is 20.4 Å². The molecular formula is C19H16O4. The van der Waals surface area contributed by atoms with Crippen LogP contribution in [0.25, 0.3) is 0 Å². The molecule has 4 heteroatoms. The Labute approximate surface area is 133 Å². The minimum atomic E-state index is -1.48. The van der Waals surface area contributed by atoms with Crippen molar-refractivity contribution in [2.75, 3.05) is 0 Å². The van der Waals surface area contributed by atoms with Gasteiger partial charge in [-0.1, -0.05) is 36.4 Å². The van der Waals surface area contributed by atoms with Gasteiger partial charge < -0.3 is 20.4 Å². The monoisotopic (exact) mass is 308 g/mol. The van der Waals surface area contributed by atoms with Crippen LogP contribution < -0.4 is 0 Å². The summed E-state index contributed by atoms with van der Waals surface area (Å²) in [5.41, 5.74) is 0.208. The van der Waals surface area contributed by atoms with E-state index in [2.05, 4.69) is 0 Å². The van der Waals surface area contributed by atoms with Gasteiger partial charge in [-0.25, -0.2) is 0 Å². The lowest BCUT2D eigenvalue weighted by molar-refractivity contribution is 0.125. The first-order chi connectivity index (χ1) is 11.0. The number of aromatic hydroxyl groups is 3. The van der Waals surface area contributed by atoms with Crippen molar-refractivity contribution in [2.45, 2.75) is 5.60 Å². The van der Waals surface area contributed by atoms with Gasteiger partial charge >= 0.3 is 0 Å². The lowest BCUT2D eigenvalue weighted by atomic mass is 9.80. The third-order valence-corrected chi connectivity index (χ3v) is 3.86. The predicted octanol–water partition coefficient (Wildman–Crippen LogP) is 3.09. The van der Waals surface area contributed by atoms with Gasteiger partial charge in [0.05, 0.1) is 0 Å². The molecule has 0 heterocycles. The van der Waals surface area contributed by atoms with Gasteiger partial charge in [0.2, 0.25) is 0 Å². The van der Waals surface area contributed by atoms with Gasteiger partial charge in [0.25, 0.3) is 0 Å². The van der Waals surface area contributed by atoms with Gasteiger partial charge in [0.1, 0.15) is 22.8 Å². The molecule has 0 radical (unpaired) electrons. The van der Waals surface area contributed by atoms with Crippen LogP contribution in [0.3, 0.4) is 0 Å². The van der Waals surface area contributed by atoms with Crippen molar-refractivity contribution in [1.82, 2.24) is 0 Å². The molecule has 0 spiro atoms. The van der Waals surface area contributed by atoms with Gasteiger partial charge in [-0.15, -0.1) is 0 Å². The van der Waals surface area contributed by atoms with Crippen LogP contribution in [0.2, 0.25) is 0 Å². The van der Waals surface area contributed by atoms with Crippen LogP contribution in [0.1, 0.15) is 16.7 Å². The van der Waals surface area contributed by atoms with E-state index in [0.717, 1.165) is 0 Å². The maximum absolute atomic E-state index is 11.5. The van der Waals surface area contributed by atoms with E-state index in [1.807, 2.05) is 0 Å². The first-order valence-corrected chi connectivity index (χ1v) is 7.11. The Balaban J connectivity index is 2.21. The number of rotatable bonds is 3. The molecule has 0 aliphatic rings. The maximum Gasteiger partial charge on any atom is 0.140 e. The summed E-state index contributed by atoms with van der Waals surface area (Å²) in [6, 6.07) is 18.8. The van der Waals surface area contributed by atoms with Gasteiger partial charge in [0, 0.05) is 0 Å². The standard InChI is InChI=1S/C19H16O4/c20-16-7-1-13(2-8-16)19(23,14-3-9-17(21)10-4-14)15-5-11-18(22)12-6-15/h1-12,20-23H. The van der Waals surface area contributed by atoms with Gasteiger partial charge in [-0.05, 0) is 53.1 Å². The van der Waals surface area contributed by atoms with E-state index in [1.165, 1.54) is 36.4 Å². The fraction of sp³-hybridized carbons (Fsp3) is 0.0526. The van der Waals surface area contributed by atoms with Crippen molar-refractivity contribution < 1.29 is 20.4 Å². The zero-order valence-electron chi connectivity index (χ0n) is 12.2. The average molecular weight is 308 g/mol. The molecule has 23 heavy (non-hydrogen) atoms. The number of benzene rings is 3. The highest BCUT2D eigenvalue weighted by atomic mass is 16.3. The molecule has 0 amide bonds. The highest BCUT2D eigenvalue weighted by molar-refractivity contribution is 5.49. The van der Waals surface area contributed by atoms with E-state index < -0.39 is 5.60 Å². The number of hydrogen-bond acceptors (Lipinski definition) is 4. The number of phenols is 3. The first-order valence-electron chi connectivity index (χ1n) is 7.11. The molecule has 4 N–H and O–H groups in total. The smallest absolute Gasteiger partial charge is 0.140 e. The Kier molecular flexibility index (Phi) is 3.68. The Morgan fingerprint density at radius 3 is 0.870 bits per heavy atom. The molecule has 3 rings (SSSR count). The predicted molar refractivity (Wildman–Crippen MR) is 86.4 cm³/mol. The Bertz CT molecular complexity index is 679. The summed E-state index contributed by atoms with van der Waals surface area (Å²) < 4.78 is 0. The summed E-state index contributed by atoms with van der Waals surface area (Å²) in [7, 11) is 0. The average Bonchev–Trinajstić information content (AvgIpc) is 2.56. The third-order valence-electron chi connectivity index (χ3n) is 3.86. The third kappa shape index (κ3) is 2.72. The zero-order chi connectivity index (χ0) is 16.4. The van der Waals surface area contributed by atoms with Crippen molar-refractivity contribution in [3.05, 3.63) is 89.5 Å². The second-order valence-corrected chi connectivity index (χ2v) is 5.35. The molecule has 0 aliphatic heterocycles. The lowest BCUT2D eigenvalue weighted by Gasteiger charge is -2.30. The Hall–Kier alpha value is -2.98. The molecule has 116 valence electrons. The van der Waals surface area contributed by atoms with Crippen LogP contribution in [-0.4, -0.2) is 20.4 Å². The molecule has 0 bridgehead atoms. The molecule has 0 saturated heterocycles. The fourth-order valence-corrected chi connectivity index (χ4v) is 2.61. The van der Waals surface area contributed by atoms with E-state index >= 15 is 0 Å². The Morgan fingerprint density at radius 1 is 0.435 bits per heavy atom. The van der Waals surface area contributed by atoms with E-state index in [1.54, 1.807) is 36.4 Å². The van der Waals surface area contributed by atoms with Crippen LogP contribution >= 0.6 is 0 Å². The maximum atomic E-state index is 11.5. The van der Waals surface area contributed by atoms with Crippen molar-refractivity contribution in [2.24, 2.45) is 0 Å². The molecule has 0 fully saturated rings. The molecule has 0 saturated carbocycles. The second-order valence-electron chi connectivity index (χ2n) is 5.35. The largest absolute Gasteiger partial charge is 0.508 e. The van der Waals surface area contributed by atoms with Crippen LogP contribution in [0.4, 0.5) is 0 Å². The molecule has 0 aromatic heterocycles. The highest BCUT2D eigenvalue weighted by Crippen LogP contribution is 2.38. The topological polar surface area (TPSA) is 80.9 Å². The van der Waals surface area contributed by atoms with Crippen LogP contribution in [-0.2, 0) is 5.60 Å². The number of aliphatic hydroxyl groups is 1. The number of hydrogen-bond donors (Lipinski definition) is 4. The number of phenolic OH excluding ortho intramolecular Hbond substituents is 3. The first kappa shape index (κ1) is 14.9. The zero-order valence-corrected chi connectivity index (χ0v) is 12.2. The minimum Gasteiger partial charge on any atom is -0.508 e. The molecule has 0 atom stereocenters. The summed E-state index contributed by atoms with van der Waals surface area (Å²) in [6.07, 6.45) is 0. The fourth-order valence-electron chi connectivity index (χ4n) is 2.61. The van der Waals surface area contributed by atoms with Crippen molar-refractivity contribution in [1.29, 1.82) is 0 Å². The Morgan fingerprint density at radius 2 is 0.652 bits per heavy atom. The minimum absolute atomic E-state index is 0.104. The molecular weight excluding hydrogens is 292 g/mol. The normalized spacial score (nSPS) is 11.3. The molecule has 3 aromatic carbocycles. The summed E-state index contributed by atoms with van der Waals surface area (Å²) in [5.74, 6) is 0.313. The lowest BCUT2D eigenvalue weighted by Crippen LogP contribution is -2.28. The summed E-state index contributed by atoms with van der Waals surface area (Å²) >= 11 is 0. The second kappa shape index (κ2) is 5.66. The van der Waals surface area contributed by atoms with E-state index in [4.69, 9.17) is 0 Å². The molecule has 0 unspecified atom stereocenters. The molecule has 3 aromatic rings. The molecule has 4 nitrogen and oxygen atoms in total. The quantitative estimate of drug-likeness (QED) is 0.561. The summed E-state index contributed by atoms with van der Waals surface area (Å²) in [5, 5.41) is 39.9. The van der Waals surface area contributed by atoms with E-state index in [-0.39, 0.29) is 17.2 Å². The van der Waals surface area contributed by atoms with Gasteiger partial charge in [-0.3, -0.25) is 0 Å². The van der Waals surface area contributed by atoms with Gasteiger partial charge in [0.15, 0.2) is 0 Å². The van der Waals surface area contributed by atoms with Crippen molar-refractivity contribution in [3.63, 3.8) is 0 Å². The highest BCUT2D eigenvalue weighted by Gasteiger charge is 2.33.